The van der Waals surface area contributed by atoms with Crippen LogP contribution < -0.4 is 0 Å². The topological polar surface area (TPSA) is 30.2 Å². The molecule has 1 aromatic heterocycles. The van der Waals surface area contributed by atoms with Crippen LogP contribution in [0.15, 0.2) is 22.6 Å². The van der Waals surface area contributed by atoms with Gasteiger partial charge in [-0.25, -0.2) is 0 Å². The number of carbonyl (C=O) groups is 1. The second kappa shape index (κ2) is 2.89. The van der Waals surface area contributed by atoms with Gasteiger partial charge < -0.3 is 4.42 Å². The van der Waals surface area contributed by atoms with Gasteiger partial charge in [0, 0.05) is 5.39 Å². The molecule has 1 heterocycles. The molecule has 0 atom stereocenters. The van der Waals surface area contributed by atoms with Crippen molar-refractivity contribution in [1.82, 2.24) is 0 Å². The van der Waals surface area contributed by atoms with E-state index < -0.39 is 0 Å². The Morgan fingerprint density at radius 2 is 2.23 bits per heavy atom. The maximum Gasteiger partial charge on any atom is 0.186 e. The fourth-order valence-corrected chi connectivity index (χ4v) is 1.69. The molecule has 0 saturated carbocycles. The lowest BCUT2D eigenvalue weighted by Gasteiger charge is -1.92. The number of fused-ring (bicyclic) bond motifs is 1. The maximum absolute atomic E-state index is 10.5. The molecule has 0 fully saturated rings. The number of aryl methyl sites for hydroxylation is 1. The average Bonchev–Trinajstić information content (AvgIpc) is 2.44. The van der Waals surface area contributed by atoms with Crippen molar-refractivity contribution in [3.05, 3.63) is 34.5 Å². The third kappa shape index (κ3) is 1.14. The Labute approximate surface area is 80.1 Å². The van der Waals surface area contributed by atoms with E-state index in [0.717, 1.165) is 10.9 Å². The van der Waals surface area contributed by atoms with Crippen molar-refractivity contribution in [3.8, 4) is 0 Å². The summed E-state index contributed by atoms with van der Waals surface area (Å²) in [6.07, 6.45) is 0.627. The molecule has 1 aromatic carbocycles. The van der Waals surface area contributed by atoms with Gasteiger partial charge in [-0.3, -0.25) is 4.79 Å². The maximum atomic E-state index is 10.5. The van der Waals surface area contributed by atoms with Crippen LogP contribution in [-0.2, 0) is 0 Å². The normalized spacial score (nSPS) is 10.6. The molecule has 2 nitrogen and oxygen atoms in total. The van der Waals surface area contributed by atoms with Gasteiger partial charge in [0.2, 0.25) is 0 Å². The second-order valence-electron chi connectivity index (χ2n) is 2.85. The molecule has 0 spiro atoms. The van der Waals surface area contributed by atoms with Gasteiger partial charge in [0.05, 0.1) is 5.02 Å². The van der Waals surface area contributed by atoms with E-state index >= 15 is 0 Å². The summed E-state index contributed by atoms with van der Waals surface area (Å²) in [4.78, 5) is 10.5. The highest BCUT2D eigenvalue weighted by atomic mass is 35.5. The first kappa shape index (κ1) is 8.32. The summed E-state index contributed by atoms with van der Waals surface area (Å²) < 4.78 is 5.23. The molecule has 66 valence electrons. The number of rotatable bonds is 1. The predicted octanol–water partition coefficient (Wildman–Crippen LogP) is 3.21. The summed E-state index contributed by atoms with van der Waals surface area (Å²) in [5.74, 6) is 0.200. The molecular weight excluding hydrogens is 188 g/mol. The van der Waals surface area contributed by atoms with Crippen LogP contribution >= 0.6 is 11.6 Å². The van der Waals surface area contributed by atoms with Crippen molar-refractivity contribution in [3.63, 3.8) is 0 Å². The molecule has 0 unspecified atom stereocenters. The van der Waals surface area contributed by atoms with E-state index in [4.69, 9.17) is 16.0 Å². The molecular formula is C10H7ClO2. The van der Waals surface area contributed by atoms with E-state index in [-0.39, 0.29) is 5.76 Å². The van der Waals surface area contributed by atoms with Crippen LogP contribution in [0.3, 0.4) is 0 Å². The van der Waals surface area contributed by atoms with Crippen LogP contribution in [0.5, 0.6) is 0 Å². The van der Waals surface area contributed by atoms with E-state index in [2.05, 4.69) is 0 Å². The Bertz CT molecular complexity index is 471. The number of aldehydes is 1. The van der Waals surface area contributed by atoms with Gasteiger partial charge in [-0.05, 0) is 18.6 Å². The van der Waals surface area contributed by atoms with Gasteiger partial charge in [0.25, 0.3) is 0 Å². The Morgan fingerprint density at radius 3 is 2.85 bits per heavy atom. The van der Waals surface area contributed by atoms with Gasteiger partial charge in [-0.2, -0.15) is 0 Å². The third-order valence-corrected chi connectivity index (χ3v) is 2.37. The van der Waals surface area contributed by atoms with E-state index in [1.165, 1.54) is 0 Å². The molecule has 0 aliphatic heterocycles. The molecule has 13 heavy (non-hydrogen) atoms. The molecule has 0 bridgehead atoms. The molecule has 0 aliphatic carbocycles. The minimum atomic E-state index is 0.200. The SMILES string of the molecule is Cc1cccc2oc(C=O)c(Cl)c12. The number of hydrogen-bond donors (Lipinski definition) is 0. The van der Waals surface area contributed by atoms with E-state index in [9.17, 15) is 4.79 Å². The molecule has 0 saturated heterocycles. The Kier molecular flexibility index (Phi) is 1.85. The van der Waals surface area contributed by atoms with Gasteiger partial charge in [-0.15, -0.1) is 0 Å². The summed E-state index contributed by atoms with van der Waals surface area (Å²) >= 11 is 5.94. The minimum absolute atomic E-state index is 0.200. The predicted molar refractivity (Wildman–Crippen MR) is 51.3 cm³/mol. The third-order valence-electron chi connectivity index (χ3n) is 2.00. The number of furan rings is 1. The average molecular weight is 195 g/mol. The minimum Gasteiger partial charge on any atom is -0.452 e. The van der Waals surface area contributed by atoms with Crippen molar-refractivity contribution in [1.29, 1.82) is 0 Å². The molecule has 0 aliphatic rings. The van der Waals surface area contributed by atoms with E-state index in [0.29, 0.717) is 16.9 Å². The summed E-state index contributed by atoms with van der Waals surface area (Å²) in [7, 11) is 0. The standard InChI is InChI=1S/C10H7ClO2/c1-6-3-2-4-7-9(6)10(11)8(5-12)13-7/h2-5H,1H3. The second-order valence-corrected chi connectivity index (χ2v) is 3.22. The monoisotopic (exact) mass is 194 g/mol. The highest BCUT2D eigenvalue weighted by Crippen LogP contribution is 2.31. The van der Waals surface area contributed by atoms with E-state index in [1.54, 1.807) is 6.07 Å². The zero-order chi connectivity index (χ0) is 9.42. The molecule has 2 rings (SSSR count). The van der Waals surface area contributed by atoms with Crippen LogP contribution in [-0.4, -0.2) is 6.29 Å². The summed E-state index contributed by atoms with van der Waals surface area (Å²) in [6, 6.07) is 5.59. The highest BCUT2D eigenvalue weighted by Gasteiger charge is 2.12. The van der Waals surface area contributed by atoms with Crippen LogP contribution in [0.25, 0.3) is 11.0 Å². The molecule has 0 amide bonds. The van der Waals surface area contributed by atoms with Crippen LogP contribution in [0, 0.1) is 6.92 Å². The summed E-state index contributed by atoms with van der Waals surface area (Å²) in [5.41, 5.74) is 1.67. The number of halogens is 1. The van der Waals surface area contributed by atoms with Crippen LogP contribution in [0.4, 0.5) is 0 Å². The lowest BCUT2D eigenvalue weighted by atomic mass is 10.1. The van der Waals surface area contributed by atoms with Crippen molar-refractivity contribution in [2.75, 3.05) is 0 Å². The first-order valence-corrected chi connectivity index (χ1v) is 4.24. The summed E-state index contributed by atoms with van der Waals surface area (Å²) in [6.45, 7) is 1.93. The number of benzene rings is 1. The summed E-state index contributed by atoms with van der Waals surface area (Å²) in [5, 5.41) is 1.23. The first-order chi connectivity index (χ1) is 6.24. The highest BCUT2D eigenvalue weighted by molar-refractivity contribution is 6.37. The van der Waals surface area contributed by atoms with Crippen LogP contribution in [0.2, 0.25) is 5.02 Å². The fourth-order valence-electron chi connectivity index (χ4n) is 1.37. The van der Waals surface area contributed by atoms with Crippen molar-refractivity contribution < 1.29 is 9.21 Å². The lowest BCUT2D eigenvalue weighted by Crippen LogP contribution is -1.74. The van der Waals surface area contributed by atoms with Crippen LogP contribution in [0.1, 0.15) is 16.1 Å². The number of hydrogen-bond acceptors (Lipinski definition) is 2. The molecule has 0 N–H and O–H groups in total. The van der Waals surface area contributed by atoms with Gasteiger partial charge in [0.1, 0.15) is 5.58 Å². The fraction of sp³-hybridized carbons (Fsp3) is 0.100. The Hall–Kier alpha value is -1.28. The Balaban J connectivity index is 2.92. The van der Waals surface area contributed by atoms with E-state index in [1.807, 2.05) is 19.1 Å². The van der Waals surface area contributed by atoms with Crippen molar-refractivity contribution >= 4 is 28.9 Å². The first-order valence-electron chi connectivity index (χ1n) is 3.87. The van der Waals surface area contributed by atoms with Crippen molar-refractivity contribution in [2.24, 2.45) is 0 Å². The largest absolute Gasteiger partial charge is 0.452 e. The van der Waals surface area contributed by atoms with Gasteiger partial charge in [0.15, 0.2) is 12.0 Å². The molecule has 2 aromatic rings. The zero-order valence-corrected chi connectivity index (χ0v) is 7.76. The lowest BCUT2D eigenvalue weighted by molar-refractivity contribution is 0.110. The molecule has 0 radical (unpaired) electrons. The van der Waals surface area contributed by atoms with Gasteiger partial charge in [-0.1, -0.05) is 23.7 Å². The zero-order valence-electron chi connectivity index (χ0n) is 7.00. The Morgan fingerprint density at radius 1 is 1.46 bits per heavy atom. The molecule has 3 heteroatoms. The number of carbonyl (C=O) groups excluding carboxylic acids is 1. The van der Waals surface area contributed by atoms with Crippen molar-refractivity contribution in [2.45, 2.75) is 6.92 Å². The smallest absolute Gasteiger partial charge is 0.186 e. The van der Waals surface area contributed by atoms with Gasteiger partial charge >= 0.3 is 0 Å². The quantitative estimate of drug-likeness (QED) is 0.653.